The third-order valence-electron chi connectivity index (χ3n) is 1.75. The largest absolute Gasteiger partial charge is 0.480 e. The molecule has 0 aliphatic heterocycles. The zero-order valence-electron chi connectivity index (χ0n) is 8.73. The first-order chi connectivity index (χ1) is 8.00. The van der Waals surface area contributed by atoms with Crippen LogP contribution in [-0.4, -0.2) is 36.0 Å². The van der Waals surface area contributed by atoms with Gasteiger partial charge < -0.3 is 16.2 Å². The minimum absolute atomic E-state index is 0.150. The monoisotopic (exact) mass is 257 g/mol. The average molecular weight is 257 g/mol. The first kappa shape index (κ1) is 13.1. The van der Waals surface area contributed by atoms with Gasteiger partial charge in [0.05, 0.1) is 18.7 Å². The number of thiophene rings is 1. The number of hydrogen-bond donors (Lipinski definition) is 4. The highest BCUT2D eigenvalue weighted by atomic mass is 32.1. The zero-order valence-corrected chi connectivity index (χ0v) is 9.54. The lowest BCUT2D eigenvalue weighted by Crippen LogP contribution is -2.32. The van der Waals surface area contributed by atoms with E-state index in [1.165, 1.54) is 17.4 Å². The molecule has 0 unspecified atom stereocenters. The van der Waals surface area contributed by atoms with Gasteiger partial charge in [0.15, 0.2) is 0 Å². The van der Waals surface area contributed by atoms with Crippen LogP contribution < -0.4 is 16.4 Å². The van der Waals surface area contributed by atoms with Crippen molar-refractivity contribution in [3.63, 3.8) is 0 Å². The molecule has 0 aliphatic carbocycles. The number of nitrogens with one attached hydrogen (secondary N) is 2. The standard InChI is InChI=1S/C9H11N3O4S/c10-8(16)5-1-2-17-9(5)12-6(13)3-11-4-7(14)15/h1-2,11H,3-4H2,(H2,10,16)(H,12,13)(H,14,15). The summed E-state index contributed by atoms with van der Waals surface area (Å²) < 4.78 is 0. The van der Waals surface area contributed by atoms with Crippen LogP contribution >= 0.6 is 11.3 Å². The summed E-state index contributed by atoms with van der Waals surface area (Å²) in [6.07, 6.45) is 0. The first-order valence-electron chi connectivity index (χ1n) is 4.60. The summed E-state index contributed by atoms with van der Waals surface area (Å²) in [4.78, 5) is 32.5. The summed E-state index contributed by atoms with van der Waals surface area (Å²) in [5.41, 5.74) is 5.34. The third kappa shape index (κ3) is 4.21. The fourth-order valence-corrected chi connectivity index (χ4v) is 1.86. The Bertz CT molecular complexity index is 443. The van der Waals surface area contributed by atoms with E-state index in [-0.39, 0.29) is 18.7 Å². The maximum absolute atomic E-state index is 11.4. The number of carbonyl (C=O) groups excluding carboxylic acids is 2. The van der Waals surface area contributed by atoms with Crippen molar-refractivity contribution >= 4 is 34.1 Å². The van der Waals surface area contributed by atoms with Crippen LogP contribution in [0.15, 0.2) is 11.4 Å². The predicted molar refractivity (Wildman–Crippen MR) is 62.0 cm³/mol. The lowest BCUT2D eigenvalue weighted by atomic mass is 10.3. The zero-order chi connectivity index (χ0) is 12.8. The molecule has 0 atom stereocenters. The third-order valence-corrected chi connectivity index (χ3v) is 2.58. The topological polar surface area (TPSA) is 122 Å². The lowest BCUT2D eigenvalue weighted by Gasteiger charge is -2.04. The van der Waals surface area contributed by atoms with Crippen molar-refractivity contribution in [1.29, 1.82) is 0 Å². The molecule has 0 bridgehead atoms. The molecule has 1 heterocycles. The van der Waals surface area contributed by atoms with Gasteiger partial charge in [-0.3, -0.25) is 19.7 Å². The number of carboxylic acids is 1. The maximum atomic E-state index is 11.4. The van der Waals surface area contributed by atoms with E-state index in [1.807, 2.05) is 0 Å². The summed E-state index contributed by atoms with van der Waals surface area (Å²) in [6.45, 7) is -0.455. The van der Waals surface area contributed by atoms with Crippen molar-refractivity contribution < 1.29 is 19.5 Å². The fraction of sp³-hybridized carbons (Fsp3) is 0.222. The van der Waals surface area contributed by atoms with E-state index in [1.54, 1.807) is 5.38 Å². The average Bonchev–Trinajstić information content (AvgIpc) is 2.65. The van der Waals surface area contributed by atoms with Crippen molar-refractivity contribution in [2.45, 2.75) is 0 Å². The van der Waals surface area contributed by atoms with E-state index in [0.717, 1.165) is 0 Å². The molecule has 1 rings (SSSR count). The van der Waals surface area contributed by atoms with Crippen molar-refractivity contribution in [1.82, 2.24) is 5.32 Å². The Morgan fingerprint density at radius 1 is 1.35 bits per heavy atom. The van der Waals surface area contributed by atoms with Gasteiger partial charge in [-0.1, -0.05) is 0 Å². The van der Waals surface area contributed by atoms with Gasteiger partial charge in [0, 0.05) is 0 Å². The molecule has 0 aliphatic rings. The molecule has 0 aromatic carbocycles. The molecule has 0 fully saturated rings. The molecule has 2 amide bonds. The fourth-order valence-electron chi connectivity index (χ4n) is 1.05. The van der Waals surface area contributed by atoms with E-state index >= 15 is 0 Å². The van der Waals surface area contributed by atoms with E-state index in [2.05, 4.69) is 10.6 Å². The Kier molecular flexibility index (Phi) is 4.61. The summed E-state index contributed by atoms with van der Waals surface area (Å²) in [7, 11) is 0. The highest BCUT2D eigenvalue weighted by Crippen LogP contribution is 2.22. The van der Waals surface area contributed by atoms with Gasteiger partial charge >= 0.3 is 5.97 Å². The quantitative estimate of drug-likeness (QED) is 0.545. The minimum Gasteiger partial charge on any atom is -0.480 e. The molecule has 0 saturated carbocycles. The summed E-state index contributed by atoms with van der Waals surface area (Å²) >= 11 is 1.17. The van der Waals surface area contributed by atoms with Crippen LogP contribution in [0.3, 0.4) is 0 Å². The molecule has 0 spiro atoms. The molecule has 8 heteroatoms. The molecule has 0 saturated heterocycles. The summed E-state index contributed by atoms with van der Waals surface area (Å²) in [5.74, 6) is -2.11. The van der Waals surface area contributed by atoms with Crippen molar-refractivity contribution in [2.75, 3.05) is 18.4 Å². The van der Waals surface area contributed by atoms with Crippen LogP contribution in [0.25, 0.3) is 0 Å². The van der Waals surface area contributed by atoms with Crippen LogP contribution in [0, 0.1) is 0 Å². The van der Waals surface area contributed by atoms with Gasteiger partial charge in [-0.05, 0) is 11.4 Å². The Morgan fingerprint density at radius 3 is 2.65 bits per heavy atom. The predicted octanol–water partition coefficient (Wildman–Crippen LogP) is -0.540. The Morgan fingerprint density at radius 2 is 2.06 bits per heavy atom. The highest BCUT2D eigenvalue weighted by molar-refractivity contribution is 7.14. The van der Waals surface area contributed by atoms with Crippen LogP contribution in [0.4, 0.5) is 5.00 Å². The van der Waals surface area contributed by atoms with Crippen molar-refractivity contribution in [2.24, 2.45) is 5.73 Å². The maximum Gasteiger partial charge on any atom is 0.317 e. The number of carbonyl (C=O) groups is 3. The van der Waals surface area contributed by atoms with Gasteiger partial charge in [-0.15, -0.1) is 11.3 Å². The normalized spacial score (nSPS) is 9.88. The smallest absolute Gasteiger partial charge is 0.317 e. The number of aliphatic carboxylic acids is 1. The number of carboxylic acid groups (broad SMARTS) is 1. The van der Waals surface area contributed by atoms with Crippen LogP contribution in [0.1, 0.15) is 10.4 Å². The molecule has 1 aromatic heterocycles. The van der Waals surface area contributed by atoms with E-state index < -0.39 is 17.8 Å². The Balaban J connectivity index is 2.48. The van der Waals surface area contributed by atoms with Crippen molar-refractivity contribution in [3.8, 4) is 0 Å². The molecular formula is C9H11N3O4S. The van der Waals surface area contributed by atoms with E-state index in [4.69, 9.17) is 10.8 Å². The molecule has 17 heavy (non-hydrogen) atoms. The first-order valence-corrected chi connectivity index (χ1v) is 5.48. The number of primary amides is 1. The Labute approximate surface area is 101 Å². The number of amides is 2. The highest BCUT2D eigenvalue weighted by Gasteiger charge is 2.12. The second kappa shape index (κ2) is 5.97. The molecule has 92 valence electrons. The summed E-state index contributed by atoms with van der Waals surface area (Å²) in [6, 6.07) is 1.51. The molecule has 1 aromatic rings. The second-order valence-electron chi connectivity index (χ2n) is 3.07. The minimum atomic E-state index is -1.05. The van der Waals surface area contributed by atoms with Crippen LogP contribution in [0.2, 0.25) is 0 Å². The molecular weight excluding hydrogens is 246 g/mol. The van der Waals surface area contributed by atoms with Crippen LogP contribution in [-0.2, 0) is 9.59 Å². The number of rotatable bonds is 6. The van der Waals surface area contributed by atoms with Crippen LogP contribution in [0.5, 0.6) is 0 Å². The van der Waals surface area contributed by atoms with E-state index in [9.17, 15) is 14.4 Å². The second-order valence-corrected chi connectivity index (χ2v) is 3.99. The number of anilines is 1. The van der Waals surface area contributed by atoms with Gasteiger partial charge in [-0.2, -0.15) is 0 Å². The van der Waals surface area contributed by atoms with Gasteiger partial charge in [0.1, 0.15) is 5.00 Å². The van der Waals surface area contributed by atoms with Crippen molar-refractivity contribution in [3.05, 3.63) is 17.0 Å². The lowest BCUT2D eigenvalue weighted by molar-refractivity contribution is -0.135. The molecule has 7 nitrogen and oxygen atoms in total. The van der Waals surface area contributed by atoms with E-state index in [0.29, 0.717) is 5.00 Å². The SMILES string of the molecule is NC(=O)c1ccsc1NC(=O)CNCC(=O)O. The van der Waals surface area contributed by atoms with Gasteiger partial charge in [0.2, 0.25) is 5.91 Å². The summed E-state index contributed by atoms with van der Waals surface area (Å²) in [5, 5.41) is 15.2. The number of hydrogen-bond acceptors (Lipinski definition) is 5. The van der Waals surface area contributed by atoms with Gasteiger partial charge in [0.25, 0.3) is 5.91 Å². The number of nitrogens with two attached hydrogens (primary N) is 1. The Hall–Kier alpha value is -1.93. The molecule has 0 radical (unpaired) electrons. The molecule has 5 N–H and O–H groups in total. The van der Waals surface area contributed by atoms with Gasteiger partial charge in [-0.25, -0.2) is 0 Å².